The molecule has 0 N–H and O–H groups in total. The summed E-state index contributed by atoms with van der Waals surface area (Å²) in [7, 11) is -2.94. The van der Waals surface area contributed by atoms with E-state index in [9.17, 15) is 0 Å². The maximum atomic E-state index is 4.85. The van der Waals surface area contributed by atoms with Crippen LogP contribution in [-0.4, -0.2) is 24.9 Å². The Morgan fingerprint density at radius 3 is 1.40 bits per heavy atom. The third-order valence-electron chi connectivity index (χ3n) is 7.27. The highest BCUT2D eigenvalue weighted by molar-refractivity contribution is 7.17. The molecule has 0 aliphatic heterocycles. The predicted molar refractivity (Wildman–Crippen MR) is 200 cm³/mol. The second-order valence-electron chi connectivity index (χ2n) is 13.7. The van der Waals surface area contributed by atoms with Gasteiger partial charge < -0.3 is 0 Å². The van der Waals surface area contributed by atoms with Crippen LogP contribution in [0.4, 0.5) is 0 Å². The van der Waals surface area contributed by atoms with Gasteiger partial charge in [-0.1, -0.05) is 116 Å². The minimum atomic E-state index is -1.47. The van der Waals surface area contributed by atoms with Gasteiger partial charge in [-0.05, 0) is 48.9 Å². The van der Waals surface area contributed by atoms with Crippen LogP contribution in [0.25, 0.3) is 31.9 Å². The second-order valence-corrected chi connectivity index (χ2v) is 25.8. The molecule has 0 radical (unpaired) electrons. The SMILES string of the molecule is CCCCCCc1cc(-c2ccc(-c3cc(CCCCCC)c(C#C[Si](C)(C)C)s3)c3nsnc23)sc1C#C[Si](C)(C)C. The minimum absolute atomic E-state index is 1.01. The number of hydrogen-bond acceptors (Lipinski definition) is 5. The van der Waals surface area contributed by atoms with Gasteiger partial charge >= 0.3 is 0 Å². The number of fused-ring (bicyclic) bond motifs is 1. The van der Waals surface area contributed by atoms with Gasteiger partial charge in [0.1, 0.15) is 27.2 Å². The Kier molecular flexibility index (Phi) is 12.1. The molecule has 7 heteroatoms. The van der Waals surface area contributed by atoms with Crippen molar-refractivity contribution in [2.45, 2.75) is 117 Å². The lowest BCUT2D eigenvalue weighted by Crippen LogP contribution is -2.16. The maximum Gasteiger partial charge on any atom is 0.129 e. The Bertz CT molecular complexity index is 1520. The average molecular weight is 661 g/mol. The van der Waals surface area contributed by atoms with Gasteiger partial charge in [-0.2, -0.15) is 8.75 Å². The number of nitrogens with zero attached hydrogens (tertiary/aromatic N) is 2. The van der Waals surface area contributed by atoms with Gasteiger partial charge in [-0.15, -0.1) is 33.8 Å². The Labute approximate surface area is 275 Å². The first-order valence-electron chi connectivity index (χ1n) is 16.1. The van der Waals surface area contributed by atoms with Crippen LogP contribution in [0.2, 0.25) is 39.3 Å². The molecule has 228 valence electrons. The van der Waals surface area contributed by atoms with E-state index >= 15 is 0 Å². The smallest absolute Gasteiger partial charge is 0.129 e. The lowest BCUT2D eigenvalue weighted by Gasteiger charge is -2.04. The molecule has 4 rings (SSSR count). The van der Waals surface area contributed by atoms with Gasteiger partial charge in [0.15, 0.2) is 0 Å². The van der Waals surface area contributed by atoms with Crippen molar-refractivity contribution < 1.29 is 0 Å². The number of thiophene rings is 2. The van der Waals surface area contributed by atoms with Crippen LogP contribution >= 0.6 is 34.4 Å². The second kappa shape index (κ2) is 15.3. The van der Waals surface area contributed by atoms with E-state index in [1.807, 2.05) is 22.7 Å². The fourth-order valence-electron chi connectivity index (χ4n) is 4.94. The zero-order valence-electron chi connectivity index (χ0n) is 27.5. The summed E-state index contributed by atoms with van der Waals surface area (Å²) in [5.41, 5.74) is 14.4. The van der Waals surface area contributed by atoms with Crippen molar-refractivity contribution in [2.24, 2.45) is 0 Å². The van der Waals surface area contributed by atoms with Crippen LogP contribution in [0.1, 0.15) is 86.1 Å². The lowest BCUT2D eigenvalue weighted by atomic mass is 10.0. The first kappa shape index (κ1) is 33.9. The van der Waals surface area contributed by atoms with Crippen molar-refractivity contribution >= 4 is 61.6 Å². The zero-order chi connectivity index (χ0) is 31.0. The fourth-order valence-corrected chi connectivity index (χ4v) is 8.88. The minimum Gasteiger partial charge on any atom is -0.172 e. The van der Waals surface area contributed by atoms with E-state index < -0.39 is 16.1 Å². The lowest BCUT2D eigenvalue weighted by molar-refractivity contribution is 0.667. The number of benzene rings is 1. The number of hydrogen-bond donors (Lipinski definition) is 0. The van der Waals surface area contributed by atoms with E-state index in [0.29, 0.717) is 0 Å². The van der Waals surface area contributed by atoms with Gasteiger partial charge in [0.2, 0.25) is 0 Å². The molecular formula is C36H48N2S3Si2. The van der Waals surface area contributed by atoms with Crippen molar-refractivity contribution in [2.75, 3.05) is 0 Å². The summed E-state index contributed by atoms with van der Waals surface area (Å²) in [6, 6.07) is 9.33. The molecule has 0 saturated carbocycles. The Morgan fingerprint density at radius 2 is 1.02 bits per heavy atom. The third-order valence-corrected chi connectivity index (χ3v) is 11.8. The van der Waals surface area contributed by atoms with Gasteiger partial charge in [-0.25, -0.2) is 0 Å². The Morgan fingerprint density at radius 1 is 0.605 bits per heavy atom. The summed E-state index contributed by atoms with van der Waals surface area (Å²) < 4.78 is 9.70. The van der Waals surface area contributed by atoms with Crippen LogP contribution in [0.15, 0.2) is 24.3 Å². The number of rotatable bonds is 12. The highest BCUT2D eigenvalue weighted by Crippen LogP contribution is 2.41. The molecule has 2 nitrogen and oxygen atoms in total. The van der Waals surface area contributed by atoms with Gasteiger partial charge in [-0.3, -0.25) is 0 Å². The Hall–Kier alpha value is -2.01. The van der Waals surface area contributed by atoms with Crippen LogP contribution < -0.4 is 0 Å². The highest BCUT2D eigenvalue weighted by atomic mass is 32.1. The molecule has 0 bridgehead atoms. The summed E-state index contributed by atoms with van der Waals surface area (Å²) in [5, 5.41) is 0. The van der Waals surface area contributed by atoms with Crippen molar-refractivity contribution in [3.05, 3.63) is 45.1 Å². The van der Waals surface area contributed by atoms with Gasteiger partial charge in [0.05, 0.1) is 21.5 Å². The summed E-state index contributed by atoms with van der Waals surface area (Å²) in [6.45, 7) is 18.5. The van der Waals surface area contributed by atoms with Gasteiger partial charge in [0.25, 0.3) is 0 Å². The molecule has 0 spiro atoms. The molecule has 0 amide bonds. The van der Waals surface area contributed by atoms with E-state index in [1.54, 1.807) is 0 Å². The molecule has 0 aliphatic carbocycles. The molecule has 0 saturated heterocycles. The summed E-state index contributed by atoms with van der Waals surface area (Å²) in [4.78, 5) is 5.01. The van der Waals surface area contributed by atoms with Crippen molar-refractivity contribution in [3.63, 3.8) is 0 Å². The molecule has 0 fully saturated rings. The van der Waals surface area contributed by atoms with Crippen LogP contribution in [0.3, 0.4) is 0 Å². The van der Waals surface area contributed by atoms with Crippen LogP contribution in [0.5, 0.6) is 0 Å². The topological polar surface area (TPSA) is 25.8 Å². The molecule has 4 aromatic rings. The highest BCUT2D eigenvalue weighted by Gasteiger charge is 2.19. The van der Waals surface area contributed by atoms with Gasteiger partial charge in [0, 0.05) is 20.9 Å². The summed E-state index contributed by atoms with van der Waals surface area (Å²) in [6.07, 6.45) is 12.3. The molecule has 0 atom stereocenters. The molecule has 1 aromatic carbocycles. The first-order valence-corrected chi connectivity index (χ1v) is 25.4. The van der Waals surface area contributed by atoms with Crippen LogP contribution in [-0.2, 0) is 12.8 Å². The number of unbranched alkanes of at least 4 members (excludes halogenated alkanes) is 6. The third kappa shape index (κ3) is 9.74. The van der Waals surface area contributed by atoms with E-state index in [-0.39, 0.29) is 0 Å². The maximum absolute atomic E-state index is 4.85. The normalized spacial score (nSPS) is 11.8. The van der Waals surface area contributed by atoms with E-state index in [4.69, 9.17) is 8.75 Å². The standard InChI is InChI=1S/C36H48N2S3Si2/c1-9-11-13-15-17-27-25-33(39-31(27)21-23-42(3,4)5)29-19-20-30(36-35(29)37-41-38-36)34-26-28(18-16-14-12-10-2)32(40-34)22-24-43(6,7)8/h19-20,25-26H,9-18H2,1-8H3. The first-order chi connectivity index (χ1) is 20.5. The molecular weight excluding hydrogens is 613 g/mol. The molecule has 3 aromatic heterocycles. The quantitative estimate of drug-likeness (QED) is 0.0858. The average Bonchev–Trinajstić information content (AvgIpc) is 3.69. The number of aryl methyl sites for hydroxylation is 2. The predicted octanol–water partition coefficient (Wildman–Crippen LogP) is 11.9. The van der Waals surface area contributed by atoms with Crippen LogP contribution in [0, 0.1) is 22.9 Å². The molecule has 43 heavy (non-hydrogen) atoms. The van der Waals surface area contributed by atoms with E-state index in [2.05, 4.69) is 100 Å². The molecule has 0 unspecified atom stereocenters. The fraction of sp³-hybridized carbons (Fsp3) is 0.500. The van der Waals surface area contributed by atoms with Crippen molar-refractivity contribution in [1.82, 2.24) is 8.75 Å². The van der Waals surface area contributed by atoms with Crippen molar-refractivity contribution in [1.29, 1.82) is 0 Å². The summed E-state index contributed by atoms with van der Waals surface area (Å²) >= 11 is 5.00. The largest absolute Gasteiger partial charge is 0.172 e. The summed E-state index contributed by atoms with van der Waals surface area (Å²) in [5.74, 6) is 7.22. The molecule has 3 heterocycles. The number of aromatic nitrogens is 2. The molecule has 0 aliphatic rings. The zero-order valence-corrected chi connectivity index (χ0v) is 31.9. The Balaban J connectivity index is 1.73. The monoisotopic (exact) mass is 660 g/mol. The van der Waals surface area contributed by atoms with Crippen molar-refractivity contribution in [3.8, 4) is 43.8 Å². The van der Waals surface area contributed by atoms with E-state index in [1.165, 1.54) is 105 Å². The van der Waals surface area contributed by atoms with E-state index in [0.717, 1.165) is 23.9 Å².